The Labute approximate surface area is 95.4 Å². The normalized spacial score (nSPS) is 11.2. The summed E-state index contributed by atoms with van der Waals surface area (Å²) in [6, 6.07) is 4.42. The molecule has 1 aromatic rings. The molecule has 15 heavy (non-hydrogen) atoms. The Morgan fingerprint density at radius 1 is 1.53 bits per heavy atom. The summed E-state index contributed by atoms with van der Waals surface area (Å²) in [5, 5.41) is 10.9. The highest BCUT2D eigenvalue weighted by atomic mass is 79.9. The number of carbonyl (C=O) groups is 1. The largest absolute Gasteiger partial charge is 0.465 e. The quantitative estimate of drug-likeness (QED) is 0.872. The molecule has 0 radical (unpaired) electrons. The Balaban J connectivity index is 3.13. The Morgan fingerprint density at radius 3 is 2.67 bits per heavy atom. The molecule has 0 aromatic heterocycles. The molecule has 1 aromatic carbocycles. The topological polar surface area (TPSA) is 49.3 Å². The van der Waals surface area contributed by atoms with Crippen LogP contribution in [-0.2, 0) is 5.54 Å². The van der Waals surface area contributed by atoms with Gasteiger partial charge in [0.15, 0.2) is 0 Å². The summed E-state index contributed by atoms with van der Waals surface area (Å²) in [6.07, 6.45) is -1.18. The molecule has 2 N–H and O–H groups in total. The van der Waals surface area contributed by atoms with Gasteiger partial charge in [0.1, 0.15) is 5.82 Å². The molecule has 1 amide bonds. The minimum absolute atomic E-state index is 0.305. The summed E-state index contributed by atoms with van der Waals surface area (Å²) >= 11 is 3.21. The smallest absolute Gasteiger partial charge is 0.405 e. The van der Waals surface area contributed by atoms with E-state index in [1.54, 1.807) is 26.0 Å². The summed E-state index contributed by atoms with van der Waals surface area (Å²) < 4.78 is 14.2. The van der Waals surface area contributed by atoms with Crippen molar-refractivity contribution >= 4 is 22.0 Å². The van der Waals surface area contributed by atoms with Crippen molar-refractivity contribution in [2.24, 2.45) is 0 Å². The summed E-state index contributed by atoms with van der Waals surface area (Å²) in [6.45, 7) is 3.21. The molecule has 0 unspecified atom stereocenters. The molecule has 3 nitrogen and oxygen atoms in total. The highest BCUT2D eigenvalue weighted by molar-refractivity contribution is 9.10. The molecule has 0 aliphatic rings. The van der Waals surface area contributed by atoms with E-state index in [2.05, 4.69) is 21.2 Å². The Morgan fingerprint density at radius 2 is 2.13 bits per heavy atom. The van der Waals surface area contributed by atoms with Gasteiger partial charge in [-0.25, -0.2) is 9.18 Å². The zero-order valence-corrected chi connectivity index (χ0v) is 9.93. The molecule has 0 atom stereocenters. The maximum absolute atomic E-state index is 13.5. The first kappa shape index (κ1) is 12.0. The van der Waals surface area contributed by atoms with Crippen LogP contribution in [0.1, 0.15) is 19.4 Å². The first-order valence-corrected chi connectivity index (χ1v) is 5.09. The van der Waals surface area contributed by atoms with Crippen molar-refractivity contribution in [3.8, 4) is 0 Å². The van der Waals surface area contributed by atoms with E-state index in [4.69, 9.17) is 5.11 Å². The molecule has 82 valence electrons. The van der Waals surface area contributed by atoms with Crippen molar-refractivity contribution in [2.75, 3.05) is 0 Å². The second kappa shape index (κ2) is 4.18. The molecular formula is C10H11BrFNO2. The van der Waals surface area contributed by atoms with Gasteiger partial charge >= 0.3 is 6.09 Å². The molecule has 0 spiro atoms. The van der Waals surface area contributed by atoms with Gasteiger partial charge in [-0.15, -0.1) is 0 Å². The molecule has 0 fully saturated rings. The van der Waals surface area contributed by atoms with Gasteiger partial charge in [0.05, 0.1) is 5.54 Å². The highest BCUT2D eigenvalue weighted by Gasteiger charge is 2.26. The van der Waals surface area contributed by atoms with Crippen molar-refractivity contribution in [3.05, 3.63) is 34.1 Å². The predicted molar refractivity (Wildman–Crippen MR) is 58.3 cm³/mol. The lowest BCUT2D eigenvalue weighted by Crippen LogP contribution is -2.40. The fraction of sp³-hybridized carbons (Fsp3) is 0.300. The number of halogens is 2. The van der Waals surface area contributed by atoms with Crippen LogP contribution in [0.2, 0.25) is 0 Å². The van der Waals surface area contributed by atoms with E-state index < -0.39 is 17.4 Å². The molecule has 0 saturated heterocycles. The zero-order valence-electron chi connectivity index (χ0n) is 8.34. The minimum Gasteiger partial charge on any atom is -0.465 e. The van der Waals surface area contributed by atoms with Crippen LogP contribution in [0.4, 0.5) is 9.18 Å². The molecule has 0 saturated carbocycles. The summed E-state index contributed by atoms with van der Waals surface area (Å²) in [5.74, 6) is -0.433. The minimum atomic E-state index is -1.18. The van der Waals surface area contributed by atoms with Crippen LogP contribution in [-0.4, -0.2) is 11.2 Å². The van der Waals surface area contributed by atoms with Crippen LogP contribution in [0.15, 0.2) is 22.7 Å². The van der Waals surface area contributed by atoms with E-state index in [1.165, 1.54) is 6.07 Å². The maximum atomic E-state index is 13.5. The van der Waals surface area contributed by atoms with Gasteiger partial charge in [0, 0.05) is 10.0 Å². The van der Waals surface area contributed by atoms with Crippen molar-refractivity contribution in [2.45, 2.75) is 19.4 Å². The van der Waals surface area contributed by atoms with Crippen LogP contribution in [0.5, 0.6) is 0 Å². The summed E-state index contributed by atoms with van der Waals surface area (Å²) in [4.78, 5) is 10.5. The summed E-state index contributed by atoms with van der Waals surface area (Å²) in [5.41, 5.74) is -0.654. The fourth-order valence-electron chi connectivity index (χ4n) is 1.31. The number of benzene rings is 1. The lowest BCUT2D eigenvalue weighted by Gasteiger charge is -2.25. The maximum Gasteiger partial charge on any atom is 0.405 e. The van der Waals surface area contributed by atoms with E-state index in [0.29, 0.717) is 10.0 Å². The molecular weight excluding hydrogens is 265 g/mol. The monoisotopic (exact) mass is 275 g/mol. The second-order valence-electron chi connectivity index (χ2n) is 3.68. The van der Waals surface area contributed by atoms with Crippen molar-refractivity contribution in [3.63, 3.8) is 0 Å². The van der Waals surface area contributed by atoms with Crippen LogP contribution in [0.3, 0.4) is 0 Å². The van der Waals surface area contributed by atoms with E-state index in [-0.39, 0.29) is 0 Å². The Bertz CT molecular complexity index is 393. The van der Waals surface area contributed by atoms with Gasteiger partial charge in [-0.1, -0.05) is 15.9 Å². The van der Waals surface area contributed by atoms with Crippen molar-refractivity contribution in [1.82, 2.24) is 5.32 Å². The number of amides is 1. The molecule has 0 aliphatic heterocycles. The first-order chi connectivity index (χ1) is 6.83. The third kappa shape index (κ3) is 2.92. The molecule has 5 heteroatoms. The first-order valence-electron chi connectivity index (χ1n) is 4.29. The standard InChI is InChI=1S/C10H11BrFNO2/c1-10(2,13-9(14)15)7-5-6(11)3-4-8(7)12/h3-5,13H,1-2H3,(H,14,15). The third-order valence-corrected chi connectivity index (χ3v) is 2.51. The fourth-order valence-corrected chi connectivity index (χ4v) is 1.67. The number of rotatable bonds is 2. The number of hydrogen-bond donors (Lipinski definition) is 2. The average molecular weight is 276 g/mol. The average Bonchev–Trinajstić information content (AvgIpc) is 2.06. The van der Waals surface area contributed by atoms with E-state index in [1.807, 2.05) is 0 Å². The Kier molecular flexibility index (Phi) is 3.34. The van der Waals surface area contributed by atoms with Crippen LogP contribution >= 0.6 is 15.9 Å². The highest BCUT2D eigenvalue weighted by Crippen LogP contribution is 2.26. The van der Waals surface area contributed by atoms with Gasteiger partial charge in [-0.05, 0) is 32.0 Å². The van der Waals surface area contributed by atoms with Gasteiger partial charge in [-0.3, -0.25) is 0 Å². The van der Waals surface area contributed by atoms with E-state index in [0.717, 1.165) is 0 Å². The molecule has 0 bridgehead atoms. The molecule has 0 aliphatic carbocycles. The van der Waals surface area contributed by atoms with Gasteiger partial charge < -0.3 is 10.4 Å². The predicted octanol–water partition coefficient (Wildman–Crippen LogP) is 3.09. The van der Waals surface area contributed by atoms with Gasteiger partial charge in [-0.2, -0.15) is 0 Å². The lowest BCUT2D eigenvalue weighted by atomic mass is 9.94. The van der Waals surface area contributed by atoms with Crippen LogP contribution in [0.25, 0.3) is 0 Å². The van der Waals surface area contributed by atoms with Crippen LogP contribution in [0, 0.1) is 5.82 Å². The van der Waals surface area contributed by atoms with Crippen molar-refractivity contribution < 1.29 is 14.3 Å². The zero-order chi connectivity index (χ0) is 11.6. The molecule has 0 heterocycles. The SMILES string of the molecule is CC(C)(NC(=O)O)c1cc(Br)ccc1F. The number of carboxylic acid groups (broad SMARTS) is 1. The second-order valence-corrected chi connectivity index (χ2v) is 4.59. The summed E-state index contributed by atoms with van der Waals surface area (Å²) in [7, 11) is 0. The van der Waals surface area contributed by atoms with E-state index >= 15 is 0 Å². The Hall–Kier alpha value is -1.10. The number of hydrogen-bond acceptors (Lipinski definition) is 1. The lowest BCUT2D eigenvalue weighted by molar-refractivity contribution is 0.181. The number of nitrogens with one attached hydrogen (secondary N) is 1. The van der Waals surface area contributed by atoms with Gasteiger partial charge in [0.2, 0.25) is 0 Å². The van der Waals surface area contributed by atoms with Crippen molar-refractivity contribution in [1.29, 1.82) is 0 Å². The van der Waals surface area contributed by atoms with Crippen LogP contribution < -0.4 is 5.32 Å². The van der Waals surface area contributed by atoms with Gasteiger partial charge in [0.25, 0.3) is 0 Å². The molecule has 1 rings (SSSR count). The third-order valence-electron chi connectivity index (χ3n) is 2.02. The van der Waals surface area contributed by atoms with E-state index in [9.17, 15) is 9.18 Å².